The molecule has 2 N–H and O–H groups in total. The predicted octanol–water partition coefficient (Wildman–Crippen LogP) is 2.39. The topological polar surface area (TPSA) is 61.8 Å². The molecule has 0 spiro atoms. The number of aliphatic hydroxyl groups excluding tert-OH is 1. The molecule has 5 nitrogen and oxygen atoms in total. The van der Waals surface area contributed by atoms with Crippen LogP contribution in [0.15, 0.2) is 35.9 Å². The number of hydrogen-bond acceptors (Lipinski definition) is 5. The van der Waals surface area contributed by atoms with Crippen LogP contribution in [0.4, 0.5) is 5.69 Å². The van der Waals surface area contributed by atoms with E-state index in [1.165, 1.54) is 23.9 Å². The van der Waals surface area contributed by atoms with E-state index < -0.39 is 5.92 Å². The minimum Gasteiger partial charge on any atom is -0.469 e. The number of allylic oxidation sites excluding steroid dienone is 1. The van der Waals surface area contributed by atoms with Crippen molar-refractivity contribution in [2.45, 2.75) is 37.8 Å². The Kier molecular flexibility index (Phi) is 4.76. The van der Waals surface area contributed by atoms with E-state index in [4.69, 9.17) is 4.74 Å². The summed E-state index contributed by atoms with van der Waals surface area (Å²) in [5.74, 6) is -0.288. The SMILES string of the molecule is CC=C1CN2CCC3Nc4ccccc4C3C2CC1C(CO)C(=O)OC. The van der Waals surface area contributed by atoms with Crippen LogP contribution >= 0.6 is 0 Å². The van der Waals surface area contributed by atoms with Gasteiger partial charge >= 0.3 is 5.97 Å². The van der Waals surface area contributed by atoms with Crippen molar-refractivity contribution >= 4 is 11.7 Å². The third kappa shape index (κ3) is 2.74. The predicted molar refractivity (Wildman–Crippen MR) is 101 cm³/mol. The Balaban J connectivity index is 1.66. The summed E-state index contributed by atoms with van der Waals surface area (Å²) in [5, 5.41) is 13.6. The van der Waals surface area contributed by atoms with Crippen LogP contribution in [-0.4, -0.2) is 54.9 Å². The van der Waals surface area contributed by atoms with Crippen LogP contribution in [0.5, 0.6) is 0 Å². The molecule has 0 radical (unpaired) electrons. The number of fused-ring (bicyclic) bond motifs is 5. The second kappa shape index (κ2) is 7.05. The number of hydrogen-bond donors (Lipinski definition) is 2. The van der Waals surface area contributed by atoms with Gasteiger partial charge in [0, 0.05) is 36.8 Å². The first-order chi connectivity index (χ1) is 12.7. The maximum absolute atomic E-state index is 12.3. The third-order valence-corrected chi connectivity index (χ3v) is 6.62. The van der Waals surface area contributed by atoms with Crippen molar-refractivity contribution in [3.8, 4) is 0 Å². The molecule has 3 heterocycles. The zero-order valence-corrected chi connectivity index (χ0v) is 15.5. The van der Waals surface area contributed by atoms with Crippen LogP contribution in [0.2, 0.25) is 0 Å². The van der Waals surface area contributed by atoms with Crippen LogP contribution in [0, 0.1) is 11.8 Å². The summed E-state index contributed by atoms with van der Waals surface area (Å²) in [4.78, 5) is 14.8. The normalized spacial score (nSPS) is 33.0. The molecule has 3 aliphatic heterocycles. The van der Waals surface area contributed by atoms with Crippen molar-refractivity contribution in [3.63, 3.8) is 0 Å². The number of carbonyl (C=O) groups excluding carboxylic acids is 1. The molecule has 0 aliphatic carbocycles. The second-order valence-electron chi connectivity index (χ2n) is 7.71. The van der Waals surface area contributed by atoms with Crippen molar-refractivity contribution in [3.05, 3.63) is 41.5 Å². The molecule has 5 unspecified atom stereocenters. The summed E-state index contributed by atoms with van der Waals surface area (Å²) >= 11 is 0. The standard InChI is InChI=1S/C21H28N2O3/c1-3-13-11-23-9-8-18-20(14-6-4-5-7-17(14)22-18)19(23)10-15(13)16(12-24)21(25)26-2/h3-7,15-16,18-20,22,24H,8-12H2,1-2H3. The van der Waals surface area contributed by atoms with Gasteiger partial charge in [-0.15, -0.1) is 0 Å². The Morgan fingerprint density at radius 1 is 1.46 bits per heavy atom. The van der Waals surface area contributed by atoms with Gasteiger partial charge in [-0.3, -0.25) is 9.69 Å². The smallest absolute Gasteiger partial charge is 0.311 e. The fraction of sp³-hybridized carbons (Fsp3) is 0.571. The molecule has 140 valence electrons. The van der Waals surface area contributed by atoms with Crippen molar-refractivity contribution in [2.75, 3.05) is 32.1 Å². The van der Waals surface area contributed by atoms with E-state index in [0.29, 0.717) is 18.0 Å². The number of anilines is 1. The number of esters is 1. The fourth-order valence-electron chi connectivity index (χ4n) is 5.35. The van der Waals surface area contributed by atoms with E-state index >= 15 is 0 Å². The van der Waals surface area contributed by atoms with E-state index in [1.54, 1.807) is 0 Å². The number of ether oxygens (including phenoxy) is 1. The Morgan fingerprint density at radius 3 is 3.00 bits per heavy atom. The maximum Gasteiger partial charge on any atom is 0.311 e. The highest BCUT2D eigenvalue weighted by Crippen LogP contribution is 2.48. The first kappa shape index (κ1) is 17.6. The molecule has 0 aromatic heterocycles. The van der Waals surface area contributed by atoms with Crippen molar-refractivity contribution in [2.24, 2.45) is 11.8 Å². The number of methoxy groups -OCH3 is 1. The lowest BCUT2D eigenvalue weighted by Crippen LogP contribution is -2.55. The number of nitrogens with one attached hydrogen (secondary N) is 1. The van der Waals surface area contributed by atoms with E-state index in [9.17, 15) is 9.90 Å². The molecule has 0 bridgehead atoms. The Labute approximate surface area is 155 Å². The summed E-state index contributed by atoms with van der Waals surface area (Å²) in [5.41, 5.74) is 3.90. The Hall–Kier alpha value is -1.85. The lowest BCUT2D eigenvalue weighted by atomic mass is 9.70. The molecular formula is C21H28N2O3. The second-order valence-corrected chi connectivity index (χ2v) is 7.71. The fourth-order valence-corrected chi connectivity index (χ4v) is 5.35. The lowest BCUT2D eigenvalue weighted by molar-refractivity contribution is -0.149. The Morgan fingerprint density at radius 2 is 2.27 bits per heavy atom. The largest absolute Gasteiger partial charge is 0.469 e. The third-order valence-electron chi connectivity index (χ3n) is 6.62. The van der Waals surface area contributed by atoms with Crippen LogP contribution in [0.1, 0.15) is 31.2 Å². The average Bonchev–Trinajstić information content (AvgIpc) is 3.06. The van der Waals surface area contributed by atoms with Crippen LogP contribution in [0.25, 0.3) is 0 Å². The number of benzene rings is 1. The first-order valence-electron chi connectivity index (χ1n) is 9.61. The molecular weight excluding hydrogens is 328 g/mol. The van der Waals surface area contributed by atoms with Gasteiger partial charge in [-0.25, -0.2) is 0 Å². The minimum atomic E-state index is -0.474. The molecule has 5 atom stereocenters. The van der Waals surface area contributed by atoms with Gasteiger partial charge in [-0.05, 0) is 37.3 Å². The number of rotatable bonds is 3. The number of carbonyl (C=O) groups is 1. The van der Waals surface area contributed by atoms with E-state index in [0.717, 1.165) is 25.9 Å². The molecule has 1 aromatic rings. The Bertz CT molecular complexity index is 717. The van der Waals surface area contributed by atoms with Crippen LogP contribution in [0.3, 0.4) is 0 Å². The van der Waals surface area contributed by atoms with Crippen LogP contribution in [-0.2, 0) is 9.53 Å². The molecule has 0 saturated carbocycles. The van der Waals surface area contributed by atoms with Crippen molar-refractivity contribution in [1.29, 1.82) is 0 Å². The average molecular weight is 356 g/mol. The zero-order valence-electron chi connectivity index (χ0n) is 15.5. The summed E-state index contributed by atoms with van der Waals surface area (Å²) in [7, 11) is 1.41. The maximum atomic E-state index is 12.3. The van der Waals surface area contributed by atoms with Crippen molar-refractivity contribution in [1.82, 2.24) is 4.90 Å². The zero-order chi connectivity index (χ0) is 18.3. The summed E-state index contributed by atoms with van der Waals surface area (Å²) in [6.07, 6.45) is 4.15. The van der Waals surface area contributed by atoms with E-state index in [2.05, 4.69) is 40.6 Å². The summed E-state index contributed by atoms with van der Waals surface area (Å²) < 4.78 is 4.98. The van der Waals surface area contributed by atoms with Gasteiger partial charge < -0.3 is 15.2 Å². The molecule has 2 saturated heterocycles. The number of nitrogens with zero attached hydrogens (tertiary/aromatic N) is 1. The summed E-state index contributed by atoms with van der Waals surface area (Å²) in [6.45, 7) is 3.82. The van der Waals surface area contributed by atoms with Gasteiger partial charge in [0.2, 0.25) is 0 Å². The van der Waals surface area contributed by atoms with Crippen molar-refractivity contribution < 1.29 is 14.6 Å². The number of aliphatic hydroxyl groups is 1. The van der Waals surface area contributed by atoms with Crippen LogP contribution < -0.4 is 5.32 Å². The van der Waals surface area contributed by atoms with Gasteiger partial charge in [0.25, 0.3) is 0 Å². The monoisotopic (exact) mass is 356 g/mol. The quantitative estimate of drug-likeness (QED) is 0.643. The lowest BCUT2D eigenvalue weighted by Gasteiger charge is -2.49. The highest BCUT2D eigenvalue weighted by molar-refractivity contribution is 5.73. The van der Waals surface area contributed by atoms with E-state index in [-0.39, 0.29) is 18.5 Å². The van der Waals surface area contributed by atoms with E-state index in [1.807, 2.05) is 6.92 Å². The molecule has 26 heavy (non-hydrogen) atoms. The number of piperidine rings is 2. The molecule has 5 heteroatoms. The van der Waals surface area contributed by atoms with Gasteiger partial charge in [-0.1, -0.05) is 29.8 Å². The van der Waals surface area contributed by atoms with Gasteiger partial charge in [0.1, 0.15) is 0 Å². The van der Waals surface area contributed by atoms with Gasteiger partial charge in [-0.2, -0.15) is 0 Å². The minimum absolute atomic E-state index is 0.0465. The van der Waals surface area contributed by atoms with Gasteiger partial charge in [0.15, 0.2) is 0 Å². The highest BCUT2D eigenvalue weighted by Gasteiger charge is 2.48. The number of para-hydroxylation sites is 1. The molecule has 0 amide bonds. The molecule has 4 rings (SSSR count). The molecule has 2 fully saturated rings. The first-order valence-corrected chi connectivity index (χ1v) is 9.61. The molecule has 1 aromatic carbocycles. The highest BCUT2D eigenvalue weighted by atomic mass is 16.5. The van der Waals surface area contributed by atoms with Gasteiger partial charge in [0.05, 0.1) is 19.6 Å². The summed E-state index contributed by atoms with van der Waals surface area (Å²) in [6, 6.07) is 9.46. The molecule has 3 aliphatic rings.